The van der Waals surface area contributed by atoms with Crippen LogP contribution in [0.4, 0.5) is 0 Å². The summed E-state index contributed by atoms with van der Waals surface area (Å²) in [5, 5.41) is 3.68. The summed E-state index contributed by atoms with van der Waals surface area (Å²) in [5.41, 5.74) is 0. The highest BCUT2D eigenvalue weighted by Crippen LogP contribution is 2.25. The second-order valence-electron chi connectivity index (χ2n) is 5.73. The summed E-state index contributed by atoms with van der Waals surface area (Å²) in [6.07, 6.45) is 5.59. The maximum atomic E-state index is 3.68. The lowest BCUT2D eigenvalue weighted by Crippen LogP contribution is -2.52. The van der Waals surface area contributed by atoms with Gasteiger partial charge in [0.25, 0.3) is 0 Å². The first kappa shape index (κ1) is 11.4. The molecule has 0 aliphatic carbocycles. The molecule has 0 radical (unpaired) electrons. The van der Waals surface area contributed by atoms with Crippen LogP contribution >= 0.6 is 0 Å². The molecule has 0 spiro atoms. The number of piperidine rings is 2. The third-order valence-corrected chi connectivity index (χ3v) is 4.00. The van der Waals surface area contributed by atoms with Crippen LogP contribution in [0.3, 0.4) is 0 Å². The number of hydrogen-bond donors (Lipinski definition) is 1. The van der Waals surface area contributed by atoms with Gasteiger partial charge in [-0.3, -0.25) is 0 Å². The molecular weight excluding hydrogens is 184 g/mol. The maximum Gasteiger partial charge on any atom is 0.0120 e. The summed E-state index contributed by atoms with van der Waals surface area (Å²) in [7, 11) is 0. The number of fused-ring (bicyclic) bond motifs is 1. The Kier molecular flexibility index (Phi) is 4.04. The van der Waals surface area contributed by atoms with Gasteiger partial charge in [0.1, 0.15) is 0 Å². The minimum Gasteiger partial charge on any atom is -0.314 e. The van der Waals surface area contributed by atoms with E-state index in [9.17, 15) is 0 Å². The molecule has 2 heterocycles. The van der Waals surface area contributed by atoms with Crippen molar-refractivity contribution in [2.45, 2.75) is 45.6 Å². The molecule has 88 valence electrons. The monoisotopic (exact) mass is 210 g/mol. The second kappa shape index (κ2) is 5.31. The van der Waals surface area contributed by atoms with E-state index >= 15 is 0 Å². The summed E-state index contributed by atoms with van der Waals surface area (Å²) < 4.78 is 0. The first-order chi connectivity index (χ1) is 7.25. The van der Waals surface area contributed by atoms with Crippen LogP contribution in [0.25, 0.3) is 0 Å². The van der Waals surface area contributed by atoms with Gasteiger partial charge in [0.05, 0.1) is 0 Å². The van der Waals surface area contributed by atoms with Gasteiger partial charge < -0.3 is 10.2 Å². The standard InChI is InChI=1S/C13H26N2/c1-11(2)5-8-15-9-6-13-12(10-15)4-3-7-14-13/h11-14H,3-10H2,1-2H3/t12-,13-/m0/s1. The number of likely N-dealkylation sites (tertiary alicyclic amines) is 1. The molecule has 2 aliphatic heterocycles. The molecule has 2 heteroatoms. The Hall–Kier alpha value is -0.0800. The van der Waals surface area contributed by atoms with Crippen molar-refractivity contribution in [2.75, 3.05) is 26.2 Å². The zero-order chi connectivity index (χ0) is 10.7. The molecule has 0 bridgehead atoms. The van der Waals surface area contributed by atoms with Crippen LogP contribution in [-0.2, 0) is 0 Å². The molecule has 0 aromatic heterocycles. The van der Waals surface area contributed by atoms with Crippen molar-refractivity contribution in [1.82, 2.24) is 10.2 Å². The van der Waals surface area contributed by atoms with Crippen molar-refractivity contribution in [1.29, 1.82) is 0 Å². The highest BCUT2D eigenvalue weighted by Gasteiger charge is 2.30. The Morgan fingerprint density at radius 3 is 3.00 bits per heavy atom. The third kappa shape index (κ3) is 3.18. The fourth-order valence-corrected chi connectivity index (χ4v) is 2.96. The Bertz CT molecular complexity index is 191. The average Bonchev–Trinajstić information content (AvgIpc) is 2.26. The summed E-state index contributed by atoms with van der Waals surface area (Å²) in [4.78, 5) is 2.69. The van der Waals surface area contributed by atoms with Crippen LogP contribution in [0.2, 0.25) is 0 Å². The number of nitrogens with one attached hydrogen (secondary N) is 1. The quantitative estimate of drug-likeness (QED) is 0.767. The third-order valence-electron chi connectivity index (χ3n) is 4.00. The fourth-order valence-electron chi connectivity index (χ4n) is 2.96. The average molecular weight is 210 g/mol. The van der Waals surface area contributed by atoms with Gasteiger partial charge in [0.15, 0.2) is 0 Å². The van der Waals surface area contributed by atoms with Gasteiger partial charge in [-0.1, -0.05) is 13.8 Å². The van der Waals surface area contributed by atoms with Crippen LogP contribution in [0.15, 0.2) is 0 Å². The SMILES string of the molecule is CC(C)CCN1CC[C@@H]2NCCC[C@H]2C1. The molecule has 2 atom stereocenters. The summed E-state index contributed by atoms with van der Waals surface area (Å²) >= 11 is 0. The van der Waals surface area contributed by atoms with E-state index in [2.05, 4.69) is 24.1 Å². The molecule has 0 unspecified atom stereocenters. The lowest BCUT2D eigenvalue weighted by molar-refractivity contribution is 0.110. The molecule has 0 amide bonds. The molecule has 0 aromatic carbocycles. The van der Waals surface area contributed by atoms with Gasteiger partial charge in [-0.15, -0.1) is 0 Å². The molecule has 2 saturated heterocycles. The van der Waals surface area contributed by atoms with Crippen molar-refractivity contribution in [3.8, 4) is 0 Å². The largest absolute Gasteiger partial charge is 0.314 e. The lowest BCUT2D eigenvalue weighted by Gasteiger charge is -2.42. The molecular formula is C13H26N2. The normalized spacial score (nSPS) is 33.0. The van der Waals surface area contributed by atoms with Gasteiger partial charge in [0.2, 0.25) is 0 Å². The Balaban J connectivity index is 1.75. The van der Waals surface area contributed by atoms with Crippen molar-refractivity contribution in [2.24, 2.45) is 11.8 Å². The first-order valence-corrected chi connectivity index (χ1v) is 6.71. The lowest BCUT2D eigenvalue weighted by atomic mass is 9.85. The van der Waals surface area contributed by atoms with Crippen molar-refractivity contribution >= 4 is 0 Å². The first-order valence-electron chi connectivity index (χ1n) is 6.71. The molecule has 2 rings (SSSR count). The van der Waals surface area contributed by atoms with E-state index in [1.165, 1.54) is 51.9 Å². The Morgan fingerprint density at radius 2 is 2.20 bits per heavy atom. The Morgan fingerprint density at radius 1 is 1.33 bits per heavy atom. The van der Waals surface area contributed by atoms with Gasteiger partial charge in [0, 0.05) is 12.6 Å². The van der Waals surface area contributed by atoms with Crippen LogP contribution in [-0.4, -0.2) is 37.1 Å². The molecule has 0 saturated carbocycles. The van der Waals surface area contributed by atoms with Crippen molar-refractivity contribution in [3.63, 3.8) is 0 Å². The highest BCUT2D eigenvalue weighted by molar-refractivity contribution is 4.88. The molecule has 2 fully saturated rings. The number of nitrogens with zero attached hydrogens (tertiary/aromatic N) is 1. The summed E-state index contributed by atoms with van der Waals surface area (Å²) in [6, 6.07) is 0.842. The van der Waals surface area contributed by atoms with Crippen molar-refractivity contribution in [3.05, 3.63) is 0 Å². The van der Waals surface area contributed by atoms with Crippen LogP contribution in [0, 0.1) is 11.8 Å². The van der Waals surface area contributed by atoms with E-state index in [-0.39, 0.29) is 0 Å². The minimum absolute atomic E-state index is 0.842. The fraction of sp³-hybridized carbons (Fsp3) is 1.00. The van der Waals surface area contributed by atoms with E-state index in [4.69, 9.17) is 0 Å². The van der Waals surface area contributed by atoms with E-state index in [1.807, 2.05) is 0 Å². The van der Waals surface area contributed by atoms with E-state index in [1.54, 1.807) is 0 Å². The molecule has 1 N–H and O–H groups in total. The predicted octanol–water partition coefficient (Wildman–Crippen LogP) is 2.11. The molecule has 2 aliphatic rings. The van der Waals surface area contributed by atoms with Crippen molar-refractivity contribution < 1.29 is 0 Å². The smallest absolute Gasteiger partial charge is 0.0120 e. The van der Waals surface area contributed by atoms with Gasteiger partial charge in [-0.05, 0) is 57.2 Å². The zero-order valence-corrected chi connectivity index (χ0v) is 10.3. The number of hydrogen-bond acceptors (Lipinski definition) is 2. The van der Waals surface area contributed by atoms with Crippen LogP contribution in [0.1, 0.15) is 39.5 Å². The number of rotatable bonds is 3. The highest BCUT2D eigenvalue weighted by atomic mass is 15.1. The predicted molar refractivity (Wildman–Crippen MR) is 65.0 cm³/mol. The van der Waals surface area contributed by atoms with E-state index in [0.717, 1.165) is 17.9 Å². The minimum atomic E-state index is 0.842. The van der Waals surface area contributed by atoms with Crippen LogP contribution < -0.4 is 5.32 Å². The van der Waals surface area contributed by atoms with E-state index < -0.39 is 0 Å². The van der Waals surface area contributed by atoms with Gasteiger partial charge in [-0.2, -0.15) is 0 Å². The summed E-state index contributed by atoms with van der Waals surface area (Å²) in [5.74, 6) is 1.80. The van der Waals surface area contributed by atoms with Gasteiger partial charge in [-0.25, -0.2) is 0 Å². The molecule has 0 aromatic rings. The summed E-state index contributed by atoms with van der Waals surface area (Å²) in [6.45, 7) is 9.91. The van der Waals surface area contributed by atoms with E-state index in [0.29, 0.717) is 0 Å². The zero-order valence-electron chi connectivity index (χ0n) is 10.3. The second-order valence-corrected chi connectivity index (χ2v) is 5.73. The van der Waals surface area contributed by atoms with Gasteiger partial charge >= 0.3 is 0 Å². The molecule has 2 nitrogen and oxygen atoms in total. The van der Waals surface area contributed by atoms with Crippen LogP contribution in [0.5, 0.6) is 0 Å². The molecule has 15 heavy (non-hydrogen) atoms. The topological polar surface area (TPSA) is 15.3 Å². The maximum absolute atomic E-state index is 3.68. The Labute approximate surface area is 94.4 Å².